The molecule has 0 aliphatic heterocycles. The molecule has 0 saturated heterocycles. The third-order valence-electron chi connectivity index (χ3n) is 1.28. The molecule has 0 bridgehead atoms. The van der Waals surface area contributed by atoms with E-state index < -0.39 is 0 Å². The Kier molecular flexibility index (Phi) is 5.34. The molecule has 1 aromatic heterocycles. The summed E-state index contributed by atoms with van der Waals surface area (Å²) in [6.45, 7) is 0. The van der Waals surface area contributed by atoms with Crippen molar-refractivity contribution >= 4 is 44.5 Å². The van der Waals surface area contributed by atoms with Crippen molar-refractivity contribution in [3.8, 4) is 0 Å². The summed E-state index contributed by atoms with van der Waals surface area (Å²) in [5.74, 6) is 0. The van der Waals surface area contributed by atoms with Crippen molar-refractivity contribution in [2.45, 2.75) is 0 Å². The van der Waals surface area contributed by atoms with Crippen molar-refractivity contribution in [2.75, 3.05) is 0 Å². The number of benzene rings is 1. The Balaban J connectivity index is 0.000000500. The van der Waals surface area contributed by atoms with Crippen LogP contribution < -0.4 is 17.0 Å². The molecule has 0 aliphatic rings. The van der Waals surface area contributed by atoms with E-state index in [2.05, 4.69) is 23.6 Å². The molecule has 0 fully saturated rings. The van der Waals surface area contributed by atoms with Gasteiger partial charge in [0.1, 0.15) is 0 Å². The first-order chi connectivity index (χ1) is 4.47. The van der Waals surface area contributed by atoms with E-state index in [-0.39, 0.29) is 40.0 Å². The first-order valence-corrected chi connectivity index (χ1v) is 3.69. The van der Waals surface area contributed by atoms with Crippen LogP contribution in [0.25, 0.3) is 10.1 Å². The molecule has 0 unspecified atom stereocenters. The third kappa shape index (κ3) is 2.44. The number of fused-ring (bicyclic) bond motifs is 1. The Morgan fingerprint density at radius 2 is 2.09 bits per heavy atom. The summed E-state index contributed by atoms with van der Waals surface area (Å²) in [4.78, 5) is 0. The van der Waals surface area contributed by atoms with E-state index in [0.717, 1.165) is 0 Å². The summed E-state index contributed by atoms with van der Waals surface area (Å²) in [6.07, 6.45) is 0. The van der Waals surface area contributed by atoms with Gasteiger partial charge in [0, 0.05) is 0 Å². The summed E-state index contributed by atoms with van der Waals surface area (Å²) < 4.78 is 1.32. The molecule has 52 valence electrons. The Morgan fingerprint density at radius 3 is 2.82 bits per heavy atom. The predicted octanol–water partition coefficient (Wildman–Crippen LogP) is -0.675. The van der Waals surface area contributed by atoms with Crippen LogP contribution in [0, 0.1) is 6.07 Å². The fourth-order valence-corrected chi connectivity index (χ4v) is 1.60. The van der Waals surface area contributed by atoms with Crippen LogP contribution in [-0.4, -0.2) is 23.1 Å². The normalized spacial score (nSPS) is 8.36. The molecule has 1 aromatic carbocycles. The van der Waals surface area contributed by atoms with Crippen LogP contribution in [-0.2, 0) is 0 Å². The third-order valence-corrected chi connectivity index (χ3v) is 2.16. The van der Waals surface area contributed by atoms with Gasteiger partial charge in [-0.05, 0) is 0 Å². The Hall–Kier alpha value is 0.426. The van der Waals surface area contributed by atoms with E-state index in [1.807, 2.05) is 12.1 Å². The molecule has 0 saturated carbocycles. The largest absolute Gasteiger partial charge is 2.00 e. The molecule has 0 aliphatic carbocycles. The minimum Gasteiger partial charge on any atom is -1.00 e. The minimum atomic E-state index is 0. The van der Waals surface area contributed by atoms with Crippen molar-refractivity contribution in [3.05, 3.63) is 35.7 Å². The van der Waals surface area contributed by atoms with Gasteiger partial charge in [-0.3, -0.25) is 0 Å². The van der Waals surface area contributed by atoms with Gasteiger partial charge in [0.15, 0.2) is 0 Å². The van der Waals surface area contributed by atoms with Gasteiger partial charge in [0.25, 0.3) is 0 Å². The molecule has 1 heterocycles. The molecule has 11 heavy (non-hydrogen) atoms. The van der Waals surface area contributed by atoms with Crippen LogP contribution in [0.2, 0.25) is 0 Å². The van der Waals surface area contributed by atoms with E-state index >= 15 is 0 Å². The topological polar surface area (TPSA) is 0 Å². The standard InChI is InChI=1S/C8H5S.BrH.Mg/c1-2-4-8-7(3-1)5-6-9-8;;/h1-2,4-6H;1H;/q-1;;+2/p-1. The van der Waals surface area contributed by atoms with Gasteiger partial charge >= 0.3 is 23.1 Å². The van der Waals surface area contributed by atoms with Crippen LogP contribution in [0.3, 0.4) is 0 Å². The number of hydrogen-bond donors (Lipinski definition) is 0. The number of rotatable bonds is 0. The summed E-state index contributed by atoms with van der Waals surface area (Å²) >= 11 is 1.76. The van der Waals surface area contributed by atoms with Gasteiger partial charge in [0.2, 0.25) is 0 Å². The molecule has 0 amide bonds. The summed E-state index contributed by atoms with van der Waals surface area (Å²) in [5.41, 5.74) is 0. The van der Waals surface area contributed by atoms with Crippen molar-refractivity contribution in [1.29, 1.82) is 0 Å². The van der Waals surface area contributed by atoms with Crippen molar-refractivity contribution < 1.29 is 17.0 Å². The predicted molar refractivity (Wildman–Crippen MR) is 46.4 cm³/mol. The molecule has 0 radical (unpaired) electrons. The van der Waals surface area contributed by atoms with E-state index in [9.17, 15) is 0 Å². The Morgan fingerprint density at radius 1 is 1.27 bits per heavy atom. The fourth-order valence-electron chi connectivity index (χ4n) is 0.843. The number of hydrogen-bond acceptors (Lipinski definition) is 1. The van der Waals surface area contributed by atoms with Crippen LogP contribution in [0.5, 0.6) is 0 Å². The first kappa shape index (κ1) is 11.4. The molecular formula is C8H5BrMgS. The van der Waals surface area contributed by atoms with Gasteiger partial charge in [-0.15, -0.1) is 35.7 Å². The number of thiophene rings is 1. The van der Waals surface area contributed by atoms with Crippen molar-refractivity contribution in [3.63, 3.8) is 0 Å². The molecule has 3 heteroatoms. The zero-order chi connectivity index (χ0) is 6.10. The van der Waals surface area contributed by atoms with E-state index in [0.29, 0.717) is 0 Å². The quantitative estimate of drug-likeness (QED) is 0.421. The average molecular weight is 237 g/mol. The van der Waals surface area contributed by atoms with Gasteiger partial charge < -0.3 is 17.0 Å². The minimum absolute atomic E-state index is 0. The second-order valence-corrected chi connectivity index (χ2v) is 2.82. The average Bonchev–Trinajstić information content (AvgIpc) is 2.33. The van der Waals surface area contributed by atoms with Crippen molar-refractivity contribution in [2.24, 2.45) is 0 Å². The van der Waals surface area contributed by atoms with Crippen LogP contribution in [0.15, 0.2) is 29.6 Å². The summed E-state index contributed by atoms with van der Waals surface area (Å²) in [5, 5.41) is 3.31. The Labute approximate surface area is 96.5 Å². The molecule has 0 N–H and O–H groups in total. The van der Waals surface area contributed by atoms with Gasteiger partial charge in [0.05, 0.1) is 0 Å². The summed E-state index contributed by atoms with van der Waals surface area (Å²) in [7, 11) is 0. The molecule has 0 spiro atoms. The maximum atomic E-state index is 3.14. The zero-order valence-electron chi connectivity index (χ0n) is 5.88. The van der Waals surface area contributed by atoms with Gasteiger partial charge in [-0.25, -0.2) is 11.3 Å². The van der Waals surface area contributed by atoms with E-state index in [1.165, 1.54) is 10.1 Å². The maximum absolute atomic E-state index is 3.14. The summed E-state index contributed by atoms with van der Waals surface area (Å²) in [6, 6.07) is 11.3. The van der Waals surface area contributed by atoms with Gasteiger partial charge in [-0.1, -0.05) is 10.1 Å². The SMILES string of the molecule is [Br-].[Mg+2].[c-]1cccc2sccc12. The molecule has 0 nitrogen and oxygen atoms in total. The van der Waals surface area contributed by atoms with E-state index in [4.69, 9.17) is 0 Å². The molecule has 2 rings (SSSR count). The van der Waals surface area contributed by atoms with Gasteiger partial charge in [-0.2, -0.15) is 0 Å². The van der Waals surface area contributed by atoms with Crippen molar-refractivity contribution in [1.82, 2.24) is 0 Å². The second kappa shape index (κ2) is 5.14. The second-order valence-electron chi connectivity index (χ2n) is 1.87. The molecule has 0 atom stereocenters. The maximum Gasteiger partial charge on any atom is 2.00 e. The molecule has 2 aromatic rings. The van der Waals surface area contributed by atoms with Crippen LogP contribution in [0.4, 0.5) is 0 Å². The number of halogens is 1. The zero-order valence-corrected chi connectivity index (χ0v) is 9.70. The van der Waals surface area contributed by atoms with Crippen LogP contribution >= 0.6 is 11.3 Å². The monoisotopic (exact) mass is 236 g/mol. The Bertz CT molecular complexity index is 288. The first-order valence-electron chi connectivity index (χ1n) is 2.81. The van der Waals surface area contributed by atoms with E-state index in [1.54, 1.807) is 11.3 Å². The molecular weight excluding hydrogens is 232 g/mol. The van der Waals surface area contributed by atoms with Crippen LogP contribution in [0.1, 0.15) is 0 Å². The smallest absolute Gasteiger partial charge is 1.00 e. The fraction of sp³-hybridized carbons (Fsp3) is 0.